The van der Waals surface area contributed by atoms with Gasteiger partial charge in [0.1, 0.15) is 0 Å². The van der Waals surface area contributed by atoms with Gasteiger partial charge < -0.3 is 10.1 Å². The smallest absolute Gasteiger partial charge is 0.224 e. The monoisotopic (exact) mass is 354 g/mol. The molecule has 1 heterocycles. The third-order valence-corrected chi connectivity index (χ3v) is 5.47. The summed E-state index contributed by atoms with van der Waals surface area (Å²) >= 11 is 0. The third-order valence-electron chi connectivity index (χ3n) is 4.20. The SMILES string of the molecule is Cc1ccccc1CC(=O)NCCN(CC1CCCO1)S(C)(=O)=O. The summed E-state index contributed by atoms with van der Waals surface area (Å²) in [7, 11) is -3.31. The second kappa shape index (κ2) is 8.60. The van der Waals surface area contributed by atoms with Crippen molar-refractivity contribution in [2.24, 2.45) is 0 Å². The van der Waals surface area contributed by atoms with Crippen LogP contribution in [0.4, 0.5) is 0 Å². The molecule has 0 saturated carbocycles. The first-order valence-electron chi connectivity index (χ1n) is 8.24. The minimum absolute atomic E-state index is 0.0394. The van der Waals surface area contributed by atoms with E-state index in [9.17, 15) is 13.2 Å². The Morgan fingerprint density at radius 2 is 2.12 bits per heavy atom. The number of nitrogens with one attached hydrogen (secondary N) is 1. The molecule has 24 heavy (non-hydrogen) atoms. The van der Waals surface area contributed by atoms with E-state index < -0.39 is 10.0 Å². The summed E-state index contributed by atoms with van der Waals surface area (Å²) in [6.07, 6.45) is 3.30. The van der Waals surface area contributed by atoms with E-state index in [2.05, 4.69) is 5.32 Å². The number of benzene rings is 1. The van der Waals surface area contributed by atoms with Crippen molar-refractivity contribution in [3.63, 3.8) is 0 Å². The molecule has 0 aromatic heterocycles. The van der Waals surface area contributed by atoms with Crippen LogP contribution in [0, 0.1) is 6.92 Å². The Labute approximate surface area is 144 Å². The van der Waals surface area contributed by atoms with Crippen LogP contribution in [0.3, 0.4) is 0 Å². The maximum atomic E-state index is 12.0. The summed E-state index contributed by atoms with van der Waals surface area (Å²) in [6, 6.07) is 7.74. The highest BCUT2D eigenvalue weighted by Gasteiger charge is 2.24. The van der Waals surface area contributed by atoms with Gasteiger partial charge in [-0.05, 0) is 30.9 Å². The number of ether oxygens (including phenoxy) is 1. The van der Waals surface area contributed by atoms with E-state index >= 15 is 0 Å². The quantitative estimate of drug-likeness (QED) is 0.758. The molecule has 6 nitrogen and oxygen atoms in total. The summed E-state index contributed by atoms with van der Waals surface area (Å²) in [5.74, 6) is -0.102. The van der Waals surface area contributed by atoms with E-state index in [4.69, 9.17) is 4.74 Å². The third kappa shape index (κ3) is 5.89. The number of sulfonamides is 1. The van der Waals surface area contributed by atoms with Crippen molar-refractivity contribution >= 4 is 15.9 Å². The Kier molecular flexibility index (Phi) is 6.77. The molecular weight excluding hydrogens is 328 g/mol. The Hall–Kier alpha value is -1.44. The first-order valence-corrected chi connectivity index (χ1v) is 10.1. The van der Waals surface area contributed by atoms with Crippen LogP contribution in [-0.4, -0.2) is 57.2 Å². The molecule has 134 valence electrons. The van der Waals surface area contributed by atoms with Gasteiger partial charge in [0, 0.05) is 26.2 Å². The zero-order valence-electron chi connectivity index (χ0n) is 14.3. The average molecular weight is 354 g/mol. The van der Waals surface area contributed by atoms with Gasteiger partial charge in [0.2, 0.25) is 15.9 Å². The summed E-state index contributed by atoms with van der Waals surface area (Å²) in [5.41, 5.74) is 2.05. The molecular formula is C17H26N2O4S. The van der Waals surface area contributed by atoms with Crippen molar-refractivity contribution < 1.29 is 17.9 Å². The van der Waals surface area contributed by atoms with Crippen molar-refractivity contribution in [3.8, 4) is 0 Å². The summed E-state index contributed by atoms with van der Waals surface area (Å²) in [5, 5.41) is 2.80. The number of nitrogens with zero attached hydrogens (tertiary/aromatic N) is 1. The number of rotatable bonds is 8. The van der Waals surface area contributed by atoms with Gasteiger partial charge in [-0.3, -0.25) is 4.79 Å². The molecule has 1 aromatic rings. The van der Waals surface area contributed by atoms with Crippen molar-refractivity contribution in [1.82, 2.24) is 9.62 Å². The Bertz CT molecular complexity index is 654. The molecule has 1 N–H and O–H groups in total. The predicted octanol–water partition coefficient (Wildman–Crippen LogP) is 1.09. The average Bonchev–Trinajstić information content (AvgIpc) is 3.01. The summed E-state index contributed by atoms with van der Waals surface area (Å²) in [6.45, 7) is 3.57. The number of carbonyl (C=O) groups is 1. The second-order valence-electron chi connectivity index (χ2n) is 6.21. The molecule has 1 saturated heterocycles. The molecule has 0 aliphatic carbocycles. The molecule has 1 fully saturated rings. The van der Waals surface area contributed by atoms with Gasteiger partial charge in [-0.2, -0.15) is 4.31 Å². The van der Waals surface area contributed by atoms with E-state index in [-0.39, 0.29) is 18.6 Å². The maximum Gasteiger partial charge on any atom is 0.224 e. The van der Waals surface area contributed by atoms with E-state index in [1.165, 1.54) is 10.6 Å². The molecule has 0 spiro atoms. The fourth-order valence-electron chi connectivity index (χ4n) is 2.77. The van der Waals surface area contributed by atoms with Crippen LogP contribution in [0.2, 0.25) is 0 Å². The van der Waals surface area contributed by atoms with Gasteiger partial charge in [0.05, 0.1) is 18.8 Å². The molecule has 0 radical (unpaired) electrons. The number of hydrogen-bond acceptors (Lipinski definition) is 4. The van der Waals surface area contributed by atoms with Crippen molar-refractivity contribution in [2.45, 2.75) is 32.3 Å². The first kappa shape index (κ1) is 18.9. The van der Waals surface area contributed by atoms with E-state index in [0.29, 0.717) is 26.1 Å². The number of hydrogen-bond donors (Lipinski definition) is 1. The molecule has 1 unspecified atom stereocenters. The lowest BCUT2D eigenvalue weighted by molar-refractivity contribution is -0.120. The van der Waals surface area contributed by atoms with Gasteiger partial charge in [0.15, 0.2) is 0 Å². The van der Waals surface area contributed by atoms with Crippen LogP contribution >= 0.6 is 0 Å². The minimum atomic E-state index is -3.31. The zero-order chi connectivity index (χ0) is 17.6. The molecule has 1 aliphatic rings. The zero-order valence-corrected chi connectivity index (χ0v) is 15.1. The fourth-order valence-corrected chi connectivity index (χ4v) is 3.63. The van der Waals surface area contributed by atoms with Gasteiger partial charge in [-0.1, -0.05) is 24.3 Å². The van der Waals surface area contributed by atoms with Crippen LogP contribution in [-0.2, 0) is 26.0 Å². The fraction of sp³-hybridized carbons (Fsp3) is 0.588. The number of aryl methyl sites for hydroxylation is 1. The summed E-state index contributed by atoms with van der Waals surface area (Å²) < 4.78 is 30.7. The topological polar surface area (TPSA) is 75.7 Å². The lowest BCUT2D eigenvalue weighted by atomic mass is 10.1. The van der Waals surface area contributed by atoms with Gasteiger partial charge in [-0.25, -0.2) is 8.42 Å². The largest absolute Gasteiger partial charge is 0.377 e. The van der Waals surface area contributed by atoms with E-state index in [0.717, 1.165) is 24.0 Å². The van der Waals surface area contributed by atoms with Gasteiger partial charge in [0.25, 0.3) is 0 Å². The minimum Gasteiger partial charge on any atom is -0.377 e. The predicted molar refractivity (Wildman–Crippen MR) is 93.3 cm³/mol. The second-order valence-corrected chi connectivity index (χ2v) is 8.19. The standard InChI is InChI=1S/C17H26N2O4S/c1-14-6-3-4-7-15(14)12-17(20)18-9-10-19(24(2,21)22)13-16-8-5-11-23-16/h3-4,6-7,16H,5,8-13H2,1-2H3,(H,18,20). The van der Waals surface area contributed by atoms with Crippen molar-refractivity contribution in [1.29, 1.82) is 0 Å². The highest BCUT2D eigenvalue weighted by Crippen LogP contribution is 2.14. The first-order chi connectivity index (χ1) is 11.4. The molecule has 7 heteroatoms. The molecule has 1 atom stereocenters. The lowest BCUT2D eigenvalue weighted by Gasteiger charge is -2.23. The van der Waals surface area contributed by atoms with Crippen LogP contribution in [0.15, 0.2) is 24.3 Å². The van der Waals surface area contributed by atoms with Gasteiger partial charge >= 0.3 is 0 Å². The van der Waals surface area contributed by atoms with Crippen LogP contribution < -0.4 is 5.32 Å². The van der Waals surface area contributed by atoms with Gasteiger partial charge in [-0.15, -0.1) is 0 Å². The molecule has 1 aliphatic heterocycles. The summed E-state index contributed by atoms with van der Waals surface area (Å²) in [4.78, 5) is 12.0. The number of amides is 1. The Morgan fingerprint density at radius 3 is 2.75 bits per heavy atom. The Balaban J connectivity index is 1.81. The molecule has 2 rings (SSSR count). The van der Waals surface area contributed by atoms with Crippen LogP contribution in [0.1, 0.15) is 24.0 Å². The molecule has 0 bridgehead atoms. The maximum absolute atomic E-state index is 12.0. The molecule has 1 amide bonds. The highest BCUT2D eigenvalue weighted by molar-refractivity contribution is 7.88. The lowest BCUT2D eigenvalue weighted by Crippen LogP contribution is -2.42. The van der Waals surface area contributed by atoms with E-state index in [1.54, 1.807) is 0 Å². The normalized spacial score (nSPS) is 18.0. The van der Waals surface area contributed by atoms with Crippen molar-refractivity contribution in [3.05, 3.63) is 35.4 Å². The van der Waals surface area contributed by atoms with E-state index in [1.807, 2.05) is 31.2 Å². The molecule has 1 aromatic carbocycles. The highest BCUT2D eigenvalue weighted by atomic mass is 32.2. The van der Waals surface area contributed by atoms with Crippen LogP contribution in [0.5, 0.6) is 0 Å². The number of carbonyl (C=O) groups excluding carboxylic acids is 1. The van der Waals surface area contributed by atoms with Crippen molar-refractivity contribution in [2.75, 3.05) is 32.5 Å². The van der Waals surface area contributed by atoms with Crippen LogP contribution in [0.25, 0.3) is 0 Å². The Morgan fingerprint density at radius 1 is 1.38 bits per heavy atom.